The first kappa shape index (κ1) is 20.4. The van der Waals surface area contributed by atoms with E-state index in [9.17, 15) is 14.0 Å². The number of aryl methyl sites for hydroxylation is 1. The Balaban J connectivity index is 1.43. The summed E-state index contributed by atoms with van der Waals surface area (Å²) >= 11 is 1.29. The van der Waals surface area contributed by atoms with Gasteiger partial charge in [-0.1, -0.05) is 35.5 Å². The van der Waals surface area contributed by atoms with Gasteiger partial charge in [-0.2, -0.15) is 4.98 Å². The standard InChI is InChI=1S/C22H16FN3O4S/c1-13-8-9-14(11-16(13)23)20-25-19(30-26-20)12-29-22(28)15-5-2-3-6-17(15)24-21(27)18-7-4-10-31-18/h2-11H,12H2,1H3,(H,24,27). The Morgan fingerprint density at radius 1 is 1.16 bits per heavy atom. The fourth-order valence-electron chi connectivity index (χ4n) is 2.73. The number of esters is 1. The van der Waals surface area contributed by atoms with E-state index in [1.807, 2.05) is 0 Å². The number of carbonyl (C=O) groups is 2. The number of amides is 1. The van der Waals surface area contributed by atoms with Crippen molar-refractivity contribution in [1.29, 1.82) is 0 Å². The van der Waals surface area contributed by atoms with Gasteiger partial charge in [0.15, 0.2) is 6.61 Å². The largest absolute Gasteiger partial charge is 0.452 e. The lowest BCUT2D eigenvalue weighted by molar-refractivity contribution is 0.0431. The van der Waals surface area contributed by atoms with E-state index < -0.39 is 5.97 Å². The smallest absolute Gasteiger partial charge is 0.340 e. The third-order valence-corrected chi connectivity index (χ3v) is 5.23. The number of nitrogens with zero attached hydrogens (tertiary/aromatic N) is 2. The van der Waals surface area contributed by atoms with Crippen molar-refractivity contribution in [2.24, 2.45) is 0 Å². The van der Waals surface area contributed by atoms with Crippen LogP contribution in [0.25, 0.3) is 11.4 Å². The number of benzene rings is 2. The molecule has 2 heterocycles. The van der Waals surface area contributed by atoms with Crippen molar-refractivity contribution in [2.75, 3.05) is 5.32 Å². The van der Waals surface area contributed by atoms with Crippen LogP contribution in [0.1, 0.15) is 31.5 Å². The molecule has 7 nitrogen and oxygen atoms in total. The summed E-state index contributed by atoms with van der Waals surface area (Å²) in [6.45, 7) is 1.38. The summed E-state index contributed by atoms with van der Waals surface area (Å²) in [6, 6.07) is 14.6. The fraction of sp³-hybridized carbons (Fsp3) is 0.0909. The van der Waals surface area contributed by atoms with Gasteiger partial charge in [0, 0.05) is 5.56 Å². The first-order chi connectivity index (χ1) is 15.0. The molecule has 0 bridgehead atoms. The summed E-state index contributed by atoms with van der Waals surface area (Å²) in [5.41, 5.74) is 1.47. The molecule has 0 aliphatic carbocycles. The lowest BCUT2D eigenvalue weighted by atomic mass is 10.1. The highest BCUT2D eigenvalue weighted by Crippen LogP contribution is 2.21. The quantitative estimate of drug-likeness (QED) is 0.433. The highest BCUT2D eigenvalue weighted by Gasteiger charge is 2.17. The molecule has 9 heteroatoms. The number of hydrogen-bond donors (Lipinski definition) is 1. The third kappa shape index (κ3) is 4.67. The zero-order valence-electron chi connectivity index (χ0n) is 16.3. The van der Waals surface area contributed by atoms with Gasteiger partial charge in [-0.15, -0.1) is 11.3 Å². The maximum Gasteiger partial charge on any atom is 0.340 e. The predicted octanol–water partition coefficient (Wildman–Crippen LogP) is 4.85. The van der Waals surface area contributed by atoms with Crippen molar-refractivity contribution in [1.82, 2.24) is 10.1 Å². The summed E-state index contributed by atoms with van der Waals surface area (Å²) in [5.74, 6) is -1.11. The zero-order valence-corrected chi connectivity index (χ0v) is 17.1. The monoisotopic (exact) mass is 437 g/mol. The second kappa shape index (κ2) is 8.88. The molecule has 0 atom stereocenters. The molecule has 0 aliphatic rings. The van der Waals surface area contributed by atoms with Crippen LogP contribution in [-0.2, 0) is 11.3 Å². The molecule has 1 N–H and O–H groups in total. The Hall–Kier alpha value is -3.85. The average Bonchev–Trinajstić information content (AvgIpc) is 3.47. The van der Waals surface area contributed by atoms with Crippen LogP contribution >= 0.6 is 11.3 Å². The number of hydrogen-bond acceptors (Lipinski definition) is 7. The van der Waals surface area contributed by atoms with Gasteiger partial charge < -0.3 is 14.6 Å². The van der Waals surface area contributed by atoms with Gasteiger partial charge in [0.1, 0.15) is 5.82 Å². The van der Waals surface area contributed by atoms with Gasteiger partial charge in [-0.05, 0) is 42.1 Å². The topological polar surface area (TPSA) is 94.3 Å². The summed E-state index contributed by atoms with van der Waals surface area (Å²) in [6.07, 6.45) is 0. The number of rotatable bonds is 6. The lowest BCUT2D eigenvalue weighted by Crippen LogP contribution is -2.15. The summed E-state index contributed by atoms with van der Waals surface area (Å²) in [4.78, 5) is 29.5. The molecule has 156 valence electrons. The van der Waals surface area contributed by atoms with E-state index in [4.69, 9.17) is 9.26 Å². The maximum absolute atomic E-state index is 13.7. The molecule has 0 unspecified atom stereocenters. The number of nitrogens with one attached hydrogen (secondary N) is 1. The lowest BCUT2D eigenvalue weighted by Gasteiger charge is -2.09. The van der Waals surface area contributed by atoms with Crippen molar-refractivity contribution in [3.05, 3.63) is 87.7 Å². The van der Waals surface area contributed by atoms with Crippen molar-refractivity contribution < 1.29 is 23.2 Å². The molecule has 0 saturated carbocycles. The summed E-state index contributed by atoms with van der Waals surface area (Å²) in [5, 5.41) is 8.29. The van der Waals surface area contributed by atoms with Crippen LogP contribution in [0, 0.1) is 12.7 Å². The van der Waals surface area contributed by atoms with Crippen molar-refractivity contribution >= 4 is 28.9 Å². The number of thiophene rings is 1. The highest BCUT2D eigenvalue weighted by molar-refractivity contribution is 7.12. The molecule has 0 fully saturated rings. The van der Waals surface area contributed by atoms with Crippen LogP contribution in [0.2, 0.25) is 0 Å². The Kier molecular flexibility index (Phi) is 5.85. The van der Waals surface area contributed by atoms with E-state index in [-0.39, 0.29) is 35.6 Å². The van der Waals surface area contributed by atoms with Crippen LogP contribution in [0.15, 0.2) is 64.5 Å². The maximum atomic E-state index is 13.7. The minimum atomic E-state index is -0.664. The van der Waals surface area contributed by atoms with Crippen molar-refractivity contribution in [3.63, 3.8) is 0 Å². The van der Waals surface area contributed by atoms with Crippen molar-refractivity contribution in [3.8, 4) is 11.4 Å². The number of anilines is 1. The molecule has 1 amide bonds. The predicted molar refractivity (Wildman–Crippen MR) is 112 cm³/mol. The van der Waals surface area contributed by atoms with Gasteiger partial charge in [0.2, 0.25) is 5.82 Å². The summed E-state index contributed by atoms with van der Waals surface area (Å²) < 4.78 is 24.1. The summed E-state index contributed by atoms with van der Waals surface area (Å²) in [7, 11) is 0. The molecule has 2 aromatic carbocycles. The third-order valence-electron chi connectivity index (χ3n) is 4.37. The fourth-order valence-corrected chi connectivity index (χ4v) is 3.35. The van der Waals surface area contributed by atoms with Crippen LogP contribution in [0.5, 0.6) is 0 Å². The Morgan fingerprint density at radius 3 is 2.77 bits per heavy atom. The molecule has 0 saturated heterocycles. The second-order valence-corrected chi connectivity index (χ2v) is 7.48. The number of halogens is 1. The van der Waals surface area contributed by atoms with Crippen molar-refractivity contribution in [2.45, 2.75) is 13.5 Å². The van der Waals surface area contributed by atoms with E-state index in [2.05, 4.69) is 15.5 Å². The SMILES string of the molecule is Cc1ccc(-c2noc(COC(=O)c3ccccc3NC(=O)c3cccs3)n2)cc1F. The van der Waals surface area contributed by atoms with Gasteiger partial charge in [-0.25, -0.2) is 9.18 Å². The van der Waals surface area contributed by atoms with Gasteiger partial charge in [0.25, 0.3) is 11.8 Å². The van der Waals surface area contributed by atoms with Gasteiger partial charge in [0.05, 0.1) is 16.1 Å². The Labute approximate surface area is 180 Å². The number of para-hydroxylation sites is 1. The van der Waals surface area contributed by atoms with Crippen LogP contribution in [-0.4, -0.2) is 22.0 Å². The Morgan fingerprint density at radius 2 is 2.00 bits per heavy atom. The zero-order chi connectivity index (χ0) is 21.8. The molecule has 31 heavy (non-hydrogen) atoms. The molecule has 2 aromatic heterocycles. The van der Waals surface area contributed by atoms with Gasteiger partial charge in [-0.3, -0.25) is 4.79 Å². The molecule has 0 aliphatic heterocycles. The molecular weight excluding hydrogens is 421 g/mol. The molecule has 0 radical (unpaired) electrons. The first-order valence-electron chi connectivity index (χ1n) is 9.21. The Bertz CT molecular complexity index is 1240. The van der Waals surface area contributed by atoms with Crippen LogP contribution in [0.4, 0.5) is 10.1 Å². The minimum absolute atomic E-state index is 0.0597. The average molecular weight is 437 g/mol. The second-order valence-electron chi connectivity index (χ2n) is 6.53. The normalized spacial score (nSPS) is 10.6. The highest BCUT2D eigenvalue weighted by atomic mass is 32.1. The first-order valence-corrected chi connectivity index (χ1v) is 10.1. The van der Waals surface area contributed by atoms with Gasteiger partial charge >= 0.3 is 5.97 Å². The molecule has 4 aromatic rings. The van der Waals surface area contributed by atoms with E-state index in [0.717, 1.165) is 0 Å². The number of aromatic nitrogens is 2. The van der Waals surface area contributed by atoms with Crippen LogP contribution in [0.3, 0.4) is 0 Å². The van der Waals surface area contributed by atoms with Crippen LogP contribution < -0.4 is 5.32 Å². The number of ether oxygens (including phenoxy) is 1. The molecule has 4 rings (SSSR count). The van der Waals surface area contributed by atoms with E-state index in [0.29, 0.717) is 21.7 Å². The van der Waals surface area contributed by atoms with E-state index >= 15 is 0 Å². The molecular formula is C22H16FN3O4S. The van der Waals surface area contributed by atoms with E-state index in [1.54, 1.807) is 60.8 Å². The van der Waals surface area contributed by atoms with E-state index in [1.165, 1.54) is 17.4 Å². The number of carbonyl (C=O) groups excluding carboxylic acids is 2. The molecule has 0 spiro atoms. The minimum Gasteiger partial charge on any atom is -0.452 e.